The van der Waals surface area contributed by atoms with Gasteiger partial charge in [-0.3, -0.25) is 4.68 Å². The second-order valence-electron chi connectivity index (χ2n) is 4.05. The zero-order valence-electron chi connectivity index (χ0n) is 10.4. The van der Waals surface area contributed by atoms with E-state index in [9.17, 15) is 0 Å². The van der Waals surface area contributed by atoms with Gasteiger partial charge in [0.2, 0.25) is 0 Å². The van der Waals surface area contributed by atoms with Gasteiger partial charge < -0.3 is 5.32 Å². The number of terminal acetylenes is 1. The van der Waals surface area contributed by atoms with Crippen LogP contribution in [0.2, 0.25) is 0 Å². The molecule has 0 aliphatic heterocycles. The number of anilines is 1. The van der Waals surface area contributed by atoms with Gasteiger partial charge in [-0.05, 0) is 41.1 Å². The molecule has 0 radical (unpaired) electrons. The molecule has 0 saturated carbocycles. The van der Waals surface area contributed by atoms with E-state index in [2.05, 4.69) is 32.3 Å². The maximum absolute atomic E-state index is 5.38. The smallest absolute Gasteiger partial charge is 0.0739 e. The predicted molar refractivity (Wildman–Crippen MR) is 77.3 cm³/mol. The molecule has 0 unspecified atom stereocenters. The Labute approximate surface area is 115 Å². The molecular formula is C14H14BrN3. The molecule has 1 N–H and O–H groups in total. The Morgan fingerprint density at radius 3 is 2.89 bits per heavy atom. The summed E-state index contributed by atoms with van der Waals surface area (Å²) < 4.78 is 2.92. The summed E-state index contributed by atoms with van der Waals surface area (Å²) in [6.07, 6.45) is 5.38. The first-order valence-corrected chi connectivity index (χ1v) is 6.39. The Balaban J connectivity index is 2.14. The molecule has 0 atom stereocenters. The molecule has 1 aromatic heterocycles. The van der Waals surface area contributed by atoms with Gasteiger partial charge in [-0.2, -0.15) is 5.10 Å². The van der Waals surface area contributed by atoms with Gasteiger partial charge in [-0.25, -0.2) is 0 Å². The van der Waals surface area contributed by atoms with E-state index in [4.69, 9.17) is 6.42 Å². The molecule has 0 bridgehead atoms. The standard InChI is InChI=1S/C14H14BrN3/c1-4-11-6-5-7-12(8-11)16-9-13-14(15)10(2)17-18(13)3/h1,5-8,16H,9H2,2-3H3. The van der Waals surface area contributed by atoms with Crippen molar-refractivity contribution in [3.05, 3.63) is 45.7 Å². The fourth-order valence-electron chi connectivity index (χ4n) is 1.78. The summed E-state index contributed by atoms with van der Waals surface area (Å²) in [5.41, 5.74) is 3.99. The second kappa shape index (κ2) is 5.28. The zero-order chi connectivity index (χ0) is 13.1. The number of aryl methyl sites for hydroxylation is 2. The van der Waals surface area contributed by atoms with Crippen LogP contribution in [0.25, 0.3) is 0 Å². The largest absolute Gasteiger partial charge is 0.379 e. The lowest BCUT2D eigenvalue weighted by atomic mass is 10.2. The second-order valence-corrected chi connectivity index (χ2v) is 4.84. The van der Waals surface area contributed by atoms with E-state index in [0.29, 0.717) is 6.54 Å². The summed E-state index contributed by atoms with van der Waals surface area (Å²) in [5.74, 6) is 2.63. The van der Waals surface area contributed by atoms with Gasteiger partial charge in [0, 0.05) is 18.3 Å². The highest BCUT2D eigenvalue weighted by molar-refractivity contribution is 9.10. The number of benzene rings is 1. The van der Waals surface area contributed by atoms with E-state index in [1.165, 1.54) is 0 Å². The minimum absolute atomic E-state index is 0.700. The minimum atomic E-state index is 0.700. The van der Waals surface area contributed by atoms with Gasteiger partial charge in [-0.1, -0.05) is 12.0 Å². The van der Waals surface area contributed by atoms with E-state index in [1.54, 1.807) is 0 Å². The lowest BCUT2D eigenvalue weighted by molar-refractivity contribution is 0.712. The highest BCUT2D eigenvalue weighted by atomic mass is 79.9. The molecule has 92 valence electrons. The lowest BCUT2D eigenvalue weighted by Gasteiger charge is -2.07. The summed E-state index contributed by atoms with van der Waals surface area (Å²) in [4.78, 5) is 0. The Morgan fingerprint density at radius 1 is 1.50 bits per heavy atom. The van der Waals surface area contributed by atoms with Crippen molar-refractivity contribution < 1.29 is 0 Å². The highest BCUT2D eigenvalue weighted by Crippen LogP contribution is 2.21. The maximum atomic E-state index is 5.38. The Hall–Kier alpha value is -1.73. The first kappa shape index (κ1) is 12.7. The molecule has 1 aromatic carbocycles. The summed E-state index contributed by atoms with van der Waals surface area (Å²) >= 11 is 3.55. The molecule has 0 aliphatic carbocycles. The first-order chi connectivity index (χ1) is 8.61. The molecule has 18 heavy (non-hydrogen) atoms. The van der Waals surface area contributed by atoms with E-state index in [1.807, 2.05) is 42.9 Å². The molecule has 0 fully saturated rings. The van der Waals surface area contributed by atoms with Crippen molar-refractivity contribution in [3.63, 3.8) is 0 Å². The molecule has 2 aromatic rings. The quantitative estimate of drug-likeness (QED) is 0.883. The van der Waals surface area contributed by atoms with Crippen LogP contribution in [0, 0.1) is 19.3 Å². The molecule has 2 rings (SSSR count). The molecule has 0 spiro atoms. The molecule has 0 saturated heterocycles. The number of aromatic nitrogens is 2. The van der Waals surface area contributed by atoms with E-state index >= 15 is 0 Å². The van der Waals surface area contributed by atoms with Crippen molar-refractivity contribution in [2.75, 3.05) is 5.32 Å². The molecule has 0 amide bonds. The van der Waals surface area contributed by atoms with Crippen molar-refractivity contribution >= 4 is 21.6 Å². The van der Waals surface area contributed by atoms with Crippen LogP contribution in [0.5, 0.6) is 0 Å². The normalized spacial score (nSPS) is 10.1. The first-order valence-electron chi connectivity index (χ1n) is 5.60. The monoisotopic (exact) mass is 303 g/mol. The van der Waals surface area contributed by atoms with Gasteiger partial charge in [0.05, 0.1) is 22.4 Å². The molecule has 4 heteroatoms. The minimum Gasteiger partial charge on any atom is -0.379 e. The van der Waals surface area contributed by atoms with Crippen molar-refractivity contribution in [2.24, 2.45) is 7.05 Å². The van der Waals surface area contributed by atoms with Crippen LogP contribution in [0.15, 0.2) is 28.7 Å². The van der Waals surface area contributed by atoms with Crippen LogP contribution < -0.4 is 5.32 Å². The van der Waals surface area contributed by atoms with Gasteiger partial charge in [0.1, 0.15) is 0 Å². The van der Waals surface area contributed by atoms with Crippen molar-refractivity contribution in [2.45, 2.75) is 13.5 Å². The van der Waals surface area contributed by atoms with Crippen LogP contribution in [-0.4, -0.2) is 9.78 Å². The van der Waals surface area contributed by atoms with E-state index in [-0.39, 0.29) is 0 Å². The van der Waals surface area contributed by atoms with Gasteiger partial charge in [-0.15, -0.1) is 6.42 Å². The molecule has 3 nitrogen and oxygen atoms in total. The average Bonchev–Trinajstić information content (AvgIpc) is 2.61. The Morgan fingerprint density at radius 2 is 2.28 bits per heavy atom. The number of hydrogen-bond donors (Lipinski definition) is 1. The summed E-state index contributed by atoms with van der Waals surface area (Å²) in [6, 6.07) is 7.81. The molecule has 0 aliphatic rings. The van der Waals surface area contributed by atoms with Crippen LogP contribution in [-0.2, 0) is 13.6 Å². The zero-order valence-corrected chi connectivity index (χ0v) is 12.0. The van der Waals surface area contributed by atoms with Gasteiger partial charge >= 0.3 is 0 Å². The number of hydrogen-bond acceptors (Lipinski definition) is 2. The number of nitrogens with one attached hydrogen (secondary N) is 1. The number of rotatable bonds is 3. The van der Waals surface area contributed by atoms with Crippen LogP contribution >= 0.6 is 15.9 Å². The van der Waals surface area contributed by atoms with Gasteiger partial charge in [0.15, 0.2) is 0 Å². The number of nitrogens with zero attached hydrogens (tertiary/aromatic N) is 2. The van der Waals surface area contributed by atoms with Crippen molar-refractivity contribution in [1.82, 2.24) is 9.78 Å². The van der Waals surface area contributed by atoms with Gasteiger partial charge in [0.25, 0.3) is 0 Å². The van der Waals surface area contributed by atoms with Crippen molar-refractivity contribution in [3.8, 4) is 12.3 Å². The Bertz CT molecular complexity index is 608. The van der Waals surface area contributed by atoms with Crippen LogP contribution in [0.4, 0.5) is 5.69 Å². The fraction of sp³-hybridized carbons (Fsp3) is 0.214. The van der Waals surface area contributed by atoms with E-state index < -0.39 is 0 Å². The Kier molecular flexibility index (Phi) is 3.73. The predicted octanol–water partition coefficient (Wildman–Crippen LogP) is 3.08. The van der Waals surface area contributed by atoms with Crippen molar-refractivity contribution in [1.29, 1.82) is 0 Å². The summed E-state index contributed by atoms with van der Waals surface area (Å²) in [7, 11) is 1.94. The topological polar surface area (TPSA) is 29.9 Å². The third-order valence-electron chi connectivity index (χ3n) is 2.75. The fourth-order valence-corrected chi connectivity index (χ4v) is 2.25. The molecule has 1 heterocycles. The van der Waals surface area contributed by atoms with Crippen LogP contribution in [0.1, 0.15) is 17.0 Å². The third-order valence-corrected chi connectivity index (χ3v) is 3.78. The lowest BCUT2D eigenvalue weighted by Crippen LogP contribution is -2.06. The highest BCUT2D eigenvalue weighted by Gasteiger charge is 2.09. The molecular weight excluding hydrogens is 290 g/mol. The SMILES string of the molecule is C#Cc1cccc(NCc2c(Br)c(C)nn2C)c1. The third kappa shape index (κ3) is 2.57. The van der Waals surface area contributed by atoms with E-state index in [0.717, 1.165) is 27.1 Å². The summed E-state index contributed by atoms with van der Waals surface area (Å²) in [5, 5.41) is 7.70. The summed E-state index contributed by atoms with van der Waals surface area (Å²) in [6.45, 7) is 2.68. The number of halogens is 1. The van der Waals surface area contributed by atoms with Crippen LogP contribution in [0.3, 0.4) is 0 Å². The maximum Gasteiger partial charge on any atom is 0.0739 e. The average molecular weight is 304 g/mol.